The normalized spacial score (nSPS) is 36.3. The van der Waals surface area contributed by atoms with Gasteiger partial charge in [-0.15, -0.1) is 0 Å². The fourth-order valence-electron chi connectivity index (χ4n) is 8.44. The van der Waals surface area contributed by atoms with Crippen molar-refractivity contribution in [2.75, 3.05) is 13.2 Å². The number of aliphatic hydroxyl groups is 9. The molecule has 3 aromatic carbocycles. The van der Waals surface area contributed by atoms with E-state index in [9.17, 15) is 76.0 Å². The molecule has 0 amide bonds. The van der Waals surface area contributed by atoms with Crippen molar-refractivity contribution in [1.29, 1.82) is 0 Å². The smallest absolute Gasteiger partial charge is 0.331 e. The van der Waals surface area contributed by atoms with Gasteiger partial charge in [0.1, 0.15) is 101 Å². The van der Waals surface area contributed by atoms with Crippen LogP contribution >= 0.6 is 0 Å². The predicted molar refractivity (Wildman–Crippen MR) is 237 cm³/mol. The van der Waals surface area contributed by atoms with Gasteiger partial charge in [0.05, 0.1) is 25.4 Å². The minimum Gasteiger partial charge on any atom is -0.508 e. The Morgan fingerprint density at radius 3 is 1.96 bits per heavy atom. The molecule has 25 heteroatoms. The number of benzene rings is 3. The minimum atomic E-state index is -2.13. The van der Waals surface area contributed by atoms with Gasteiger partial charge in [0.15, 0.2) is 36.8 Å². The predicted octanol–water partition coefficient (Wildman–Crippen LogP) is -2.11. The molecule has 13 N–H and O–H groups in total. The molecule has 19 atom stereocenters. The van der Waals surface area contributed by atoms with Crippen molar-refractivity contribution >= 4 is 23.0 Å². The molecule has 4 aromatic rings. The fourth-order valence-corrected chi connectivity index (χ4v) is 8.44. The number of esters is 1. The number of phenolic OH excluding ortho intramolecular Hbond substituents is 4. The summed E-state index contributed by atoms with van der Waals surface area (Å²) in [5.74, 6) is -3.86. The first kappa shape index (κ1) is 52.8. The summed E-state index contributed by atoms with van der Waals surface area (Å²) in [4.78, 5) is 28.3. The summed E-state index contributed by atoms with van der Waals surface area (Å²) in [6.45, 7) is 1.39. The third-order valence-electron chi connectivity index (χ3n) is 12.5. The van der Waals surface area contributed by atoms with E-state index in [4.69, 9.17) is 47.0 Å². The zero-order valence-electron chi connectivity index (χ0n) is 38.0. The maximum atomic E-state index is 14.6. The summed E-state index contributed by atoms with van der Waals surface area (Å²) in [5.41, 5.74) is -0.975. The summed E-state index contributed by atoms with van der Waals surface area (Å²) < 4.78 is 58.9. The monoisotopic (exact) mass is 1020 g/mol. The average molecular weight is 1020 g/mol. The van der Waals surface area contributed by atoms with E-state index in [0.29, 0.717) is 5.56 Å². The first-order valence-electron chi connectivity index (χ1n) is 22.5. The molecular weight excluding hydrogens is 964 g/mol. The van der Waals surface area contributed by atoms with Gasteiger partial charge in [-0.05, 0) is 61.9 Å². The average Bonchev–Trinajstić information content (AvgIpc) is 3.34. The summed E-state index contributed by atoms with van der Waals surface area (Å²) in [6.07, 6.45) is -31.3. The Kier molecular flexibility index (Phi) is 16.0. The van der Waals surface area contributed by atoms with E-state index >= 15 is 0 Å². The molecule has 1 aromatic heterocycles. The second-order valence-corrected chi connectivity index (χ2v) is 17.6. The number of carbonyl (C=O) groups excluding carboxylic acids is 1. The molecule has 4 fully saturated rings. The van der Waals surface area contributed by atoms with E-state index < -0.39 is 170 Å². The lowest BCUT2D eigenvalue weighted by Gasteiger charge is -2.47. The van der Waals surface area contributed by atoms with Crippen LogP contribution < -0.4 is 10.2 Å². The van der Waals surface area contributed by atoms with Crippen molar-refractivity contribution < 1.29 is 118 Å². The van der Waals surface area contributed by atoms with Crippen molar-refractivity contribution in [3.05, 3.63) is 82.5 Å². The molecule has 4 aliphatic rings. The number of phenols is 4. The van der Waals surface area contributed by atoms with Gasteiger partial charge < -0.3 is 113 Å². The lowest BCUT2D eigenvalue weighted by atomic mass is 9.97. The second-order valence-electron chi connectivity index (χ2n) is 17.6. The largest absolute Gasteiger partial charge is 0.508 e. The van der Waals surface area contributed by atoms with Crippen molar-refractivity contribution in [3.8, 4) is 40.1 Å². The summed E-state index contributed by atoms with van der Waals surface area (Å²) in [7, 11) is 0. The minimum absolute atomic E-state index is 0.0606. The highest BCUT2D eigenvalue weighted by Gasteiger charge is 2.55. The van der Waals surface area contributed by atoms with Crippen molar-refractivity contribution in [2.24, 2.45) is 0 Å². The number of aliphatic hydroxyl groups excluding tert-OH is 9. The Morgan fingerprint density at radius 1 is 0.639 bits per heavy atom. The molecule has 0 unspecified atom stereocenters. The van der Waals surface area contributed by atoms with E-state index in [-0.39, 0.29) is 22.6 Å². The zero-order valence-corrected chi connectivity index (χ0v) is 38.0. The molecule has 392 valence electrons. The van der Waals surface area contributed by atoms with Gasteiger partial charge in [-0.25, -0.2) is 4.79 Å². The molecule has 25 nitrogen and oxygen atoms in total. The SMILES string of the molecule is C[C@@H]1O[C@H](O[C@H]2[C@H](Oc3c(-c4ccc(O)cc4)oc4cc(O)cc(O)c4c3=O)O[C@H](CO[C@H]3O[C@@H](C)[C@H](O)[C@@H](O[C@H]4OC[C@H](O)[C@@H](O)[C@@H]4O)[C@@H]3O)[C@@H](O)[C@@H]2OC(=O)C=Cc2ccc(O)cc2)[C@@H](O)[C@H](O)[C@H]1O. The number of ether oxygens (including phenoxy) is 9. The van der Waals surface area contributed by atoms with Gasteiger partial charge in [0.25, 0.3) is 0 Å². The third-order valence-corrected chi connectivity index (χ3v) is 12.5. The maximum absolute atomic E-state index is 14.6. The fraction of sp³-hybridized carbons (Fsp3) is 0.489. The lowest BCUT2D eigenvalue weighted by Crippen LogP contribution is -2.66. The van der Waals surface area contributed by atoms with E-state index in [2.05, 4.69) is 0 Å². The van der Waals surface area contributed by atoms with Crippen LogP contribution in [0.3, 0.4) is 0 Å². The summed E-state index contributed by atoms with van der Waals surface area (Å²) in [6, 6.07) is 12.6. The maximum Gasteiger partial charge on any atom is 0.331 e. The molecule has 0 saturated carbocycles. The van der Waals surface area contributed by atoms with Gasteiger partial charge in [0.2, 0.25) is 17.5 Å². The van der Waals surface area contributed by atoms with Crippen LogP contribution in [0.4, 0.5) is 0 Å². The topological polar surface area (TPSA) is 393 Å². The molecule has 72 heavy (non-hydrogen) atoms. The van der Waals surface area contributed by atoms with Crippen LogP contribution in [0.2, 0.25) is 0 Å². The van der Waals surface area contributed by atoms with Gasteiger partial charge >= 0.3 is 5.97 Å². The lowest BCUT2D eigenvalue weighted by molar-refractivity contribution is -0.365. The van der Waals surface area contributed by atoms with Crippen LogP contribution in [0.5, 0.6) is 28.7 Å². The molecule has 0 spiro atoms. The number of carbonyl (C=O) groups is 1. The number of aromatic hydroxyl groups is 4. The van der Waals surface area contributed by atoms with Crippen LogP contribution in [-0.2, 0) is 42.7 Å². The molecule has 4 saturated heterocycles. The Morgan fingerprint density at radius 2 is 1.26 bits per heavy atom. The molecule has 5 heterocycles. The van der Waals surface area contributed by atoms with Crippen molar-refractivity contribution in [2.45, 2.75) is 131 Å². The second kappa shape index (κ2) is 21.9. The Balaban J connectivity index is 1.18. The Hall–Kier alpha value is -5.56. The molecule has 8 rings (SSSR count). The van der Waals surface area contributed by atoms with Crippen molar-refractivity contribution in [1.82, 2.24) is 0 Å². The highest BCUT2D eigenvalue weighted by molar-refractivity contribution is 5.88. The number of fused-ring (bicyclic) bond motifs is 1. The number of hydrogen-bond donors (Lipinski definition) is 13. The highest BCUT2D eigenvalue weighted by atomic mass is 16.8. The summed E-state index contributed by atoms with van der Waals surface area (Å²) in [5, 5.41) is 138. The van der Waals surface area contributed by atoms with Gasteiger partial charge in [0, 0.05) is 23.8 Å². The molecule has 0 bridgehead atoms. The van der Waals surface area contributed by atoms with Crippen LogP contribution in [0.1, 0.15) is 19.4 Å². The Bertz CT molecular complexity index is 2590. The van der Waals surface area contributed by atoms with Crippen molar-refractivity contribution in [3.63, 3.8) is 0 Å². The van der Waals surface area contributed by atoms with E-state index in [1.54, 1.807) is 0 Å². The molecule has 4 aliphatic heterocycles. The van der Waals surface area contributed by atoms with E-state index in [1.165, 1.54) is 68.5 Å². The molecule has 0 aliphatic carbocycles. The van der Waals surface area contributed by atoms with Crippen LogP contribution in [0.25, 0.3) is 28.4 Å². The van der Waals surface area contributed by atoms with E-state index in [0.717, 1.165) is 18.2 Å². The third kappa shape index (κ3) is 11.0. The Labute approximate surface area is 406 Å². The van der Waals surface area contributed by atoms with Gasteiger partial charge in [-0.3, -0.25) is 4.79 Å². The van der Waals surface area contributed by atoms with Gasteiger partial charge in [-0.2, -0.15) is 0 Å². The number of rotatable bonds is 13. The van der Waals surface area contributed by atoms with Gasteiger partial charge in [-0.1, -0.05) is 12.1 Å². The number of hydrogen-bond acceptors (Lipinski definition) is 25. The van der Waals surface area contributed by atoms with Crippen LogP contribution in [0.15, 0.2) is 76.0 Å². The standard InChI is InChI=1S/C47H54O25/c1-17-30(54)35(59)37(61)46(66-17)72-43-41(69-28(53)12-5-19-3-8-21(48)9-4-19)33(57)27(16-64-45-38(62)40(31(55)18(2)65-45)70-44-36(60)32(56)25(52)15-63-44)68-47(43)71-42-34(58)29-24(51)13-23(50)14-26(29)67-39(42)20-6-10-22(49)11-7-20/h3-14,17-18,25,27,30-33,35-38,40-41,43-52,54-57,59-62H,15-16H2,1-2H3/t17-,18-,25-,27+,30-,31-,32+,33+,35+,36-,37-,38-,40+,41-,43+,44+,45-,46+,47-/m0/s1. The quantitative estimate of drug-likeness (QED) is 0.0503. The first-order valence-corrected chi connectivity index (χ1v) is 22.5. The van der Waals surface area contributed by atoms with Crippen LogP contribution in [0, 0.1) is 0 Å². The molecule has 0 radical (unpaired) electrons. The summed E-state index contributed by atoms with van der Waals surface area (Å²) >= 11 is 0. The molecular formula is C47H54O25. The van der Waals surface area contributed by atoms with Crippen LogP contribution in [-0.4, -0.2) is 202 Å². The van der Waals surface area contributed by atoms with E-state index in [1.807, 2.05) is 0 Å². The highest BCUT2D eigenvalue weighted by Crippen LogP contribution is 2.39. The zero-order chi connectivity index (χ0) is 51.9. The first-order chi connectivity index (χ1) is 34.2.